The number of aryl methyl sites for hydroxylation is 3. The first-order valence-electron chi connectivity index (χ1n) is 6.88. The van der Waals surface area contributed by atoms with E-state index in [1.807, 2.05) is 13.8 Å². The second-order valence-electron chi connectivity index (χ2n) is 4.96. The minimum absolute atomic E-state index is 0.301. The van der Waals surface area contributed by atoms with Crippen LogP contribution < -0.4 is 4.80 Å². The van der Waals surface area contributed by atoms with Crippen molar-refractivity contribution in [2.45, 2.75) is 20.4 Å². The number of amides is 1. The first-order chi connectivity index (χ1) is 10.5. The van der Waals surface area contributed by atoms with E-state index in [1.165, 1.54) is 23.5 Å². The molecule has 0 unspecified atom stereocenters. The Morgan fingerprint density at radius 3 is 2.86 bits per heavy atom. The van der Waals surface area contributed by atoms with Crippen molar-refractivity contribution in [3.63, 3.8) is 0 Å². The molecule has 0 fully saturated rings. The van der Waals surface area contributed by atoms with Gasteiger partial charge >= 0.3 is 0 Å². The van der Waals surface area contributed by atoms with Crippen molar-refractivity contribution in [1.82, 2.24) is 14.3 Å². The van der Waals surface area contributed by atoms with E-state index in [4.69, 9.17) is 0 Å². The van der Waals surface area contributed by atoms with Crippen molar-refractivity contribution in [3.05, 3.63) is 46.3 Å². The van der Waals surface area contributed by atoms with Gasteiger partial charge < -0.3 is 4.57 Å². The number of benzene rings is 1. The molecule has 1 amide bonds. The van der Waals surface area contributed by atoms with Gasteiger partial charge in [0.2, 0.25) is 0 Å². The van der Waals surface area contributed by atoms with E-state index < -0.39 is 5.91 Å². The highest BCUT2D eigenvalue weighted by Crippen LogP contribution is 2.17. The van der Waals surface area contributed by atoms with Crippen LogP contribution in [-0.2, 0) is 13.6 Å². The van der Waals surface area contributed by atoms with E-state index in [0.29, 0.717) is 17.0 Å². The van der Waals surface area contributed by atoms with Crippen molar-refractivity contribution in [2.75, 3.05) is 0 Å². The van der Waals surface area contributed by atoms with Gasteiger partial charge in [-0.2, -0.15) is 10.1 Å². The van der Waals surface area contributed by atoms with E-state index in [1.54, 1.807) is 28.4 Å². The first kappa shape index (κ1) is 14.6. The summed E-state index contributed by atoms with van der Waals surface area (Å²) in [5.41, 5.74) is 2.08. The summed E-state index contributed by atoms with van der Waals surface area (Å²) in [6.45, 7) is 4.57. The predicted octanol–water partition coefficient (Wildman–Crippen LogP) is 2.64. The quantitative estimate of drug-likeness (QED) is 0.729. The summed E-state index contributed by atoms with van der Waals surface area (Å²) in [4.78, 5) is 16.9. The van der Waals surface area contributed by atoms with Gasteiger partial charge in [0.15, 0.2) is 10.5 Å². The second kappa shape index (κ2) is 5.49. The monoisotopic (exact) mass is 318 g/mol. The summed E-state index contributed by atoms with van der Waals surface area (Å²) in [5.74, 6) is -0.692. The lowest BCUT2D eigenvalue weighted by Gasteiger charge is -1.96. The molecule has 0 N–H and O–H groups in total. The van der Waals surface area contributed by atoms with Crippen LogP contribution in [0, 0.1) is 12.7 Å². The summed E-state index contributed by atoms with van der Waals surface area (Å²) < 4.78 is 17.6. The Kier molecular flexibility index (Phi) is 3.66. The molecular weight excluding hydrogens is 303 g/mol. The number of thiazole rings is 1. The lowest BCUT2D eigenvalue weighted by molar-refractivity contribution is 0.0992. The van der Waals surface area contributed by atoms with Gasteiger partial charge in [0, 0.05) is 19.3 Å². The lowest BCUT2D eigenvalue weighted by Crippen LogP contribution is -2.13. The summed E-state index contributed by atoms with van der Waals surface area (Å²) >= 11 is 1.28. The highest BCUT2D eigenvalue weighted by atomic mass is 32.1. The number of carbonyl (C=O) groups is 1. The van der Waals surface area contributed by atoms with E-state index >= 15 is 0 Å². The Labute approximate surface area is 130 Å². The topological polar surface area (TPSA) is 52.2 Å². The maximum absolute atomic E-state index is 13.3. The van der Waals surface area contributed by atoms with Gasteiger partial charge in [0.1, 0.15) is 5.82 Å². The third-order valence-electron chi connectivity index (χ3n) is 3.47. The van der Waals surface area contributed by atoms with Gasteiger partial charge in [0.25, 0.3) is 5.91 Å². The Bertz CT molecular complexity index is 935. The normalized spacial score (nSPS) is 12.3. The third-order valence-corrected chi connectivity index (χ3v) is 4.56. The fourth-order valence-electron chi connectivity index (χ4n) is 2.29. The summed E-state index contributed by atoms with van der Waals surface area (Å²) in [5, 5.41) is 4.23. The van der Waals surface area contributed by atoms with Crippen molar-refractivity contribution in [3.8, 4) is 0 Å². The number of carbonyl (C=O) groups excluding carboxylic acids is 1. The minimum Gasteiger partial charge on any atom is -0.319 e. The second-order valence-corrected chi connectivity index (χ2v) is 5.97. The van der Waals surface area contributed by atoms with Gasteiger partial charge in [-0.1, -0.05) is 11.3 Å². The molecule has 0 saturated carbocycles. The molecule has 0 spiro atoms. The van der Waals surface area contributed by atoms with Crippen LogP contribution in [-0.4, -0.2) is 20.3 Å². The van der Waals surface area contributed by atoms with Gasteiger partial charge in [-0.25, -0.2) is 4.39 Å². The van der Waals surface area contributed by atoms with Crippen LogP contribution in [0.15, 0.2) is 29.3 Å². The number of hydrogen-bond donors (Lipinski definition) is 0. The van der Waals surface area contributed by atoms with Crippen LogP contribution in [0.25, 0.3) is 10.2 Å². The summed E-state index contributed by atoms with van der Waals surface area (Å²) in [6, 6.07) is 6.25. The van der Waals surface area contributed by atoms with E-state index in [9.17, 15) is 9.18 Å². The maximum Gasteiger partial charge on any atom is 0.300 e. The van der Waals surface area contributed by atoms with E-state index in [0.717, 1.165) is 15.9 Å². The van der Waals surface area contributed by atoms with Crippen molar-refractivity contribution >= 4 is 27.5 Å². The molecule has 0 aliphatic heterocycles. The van der Waals surface area contributed by atoms with Gasteiger partial charge in [-0.15, -0.1) is 0 Å². The number of fused-ring (bicyclic) bond motifs is 1. The van der Waals surface area contributed by atoms with Crippen molar-refractivity contribution in [1.29, 1.82) is 0 Å². The fraction of sp³-hybridized carbons (Fsp3) is 0.267. The van der Waals surface area contributed by atoms with Crippen LogP contribution in [0.3, 0.4) is 0 Å². The molecule has 22 heavy (non-hydrogen) atoms. The SMILES string of the molecule is CCn1nc(C(=O)N=c2sc3cc(F)ccc3n2C)cc1C. The fourth-order valence-corrected chi connectivity index (χ4v) is 3.33. The van der Waals surface area contributed by atoms with Crippen LogP contribution in [0.4, 0.5) is 4.39 Å². The molecule has 3 aromatic rings. The highest BCUT2D eigenvalue weighted by Gasteiger charge is 2.12. The molecule has 0 atom stereocenters. The largest absolute Gasteiger partial charge is 0.319 e. The molecule has 3 rings (SSSR count). The average molecular weight is 318 g/mol. The molecular formula is C15H15FN4OS. The number of aromatic nitrogens is 3. The zero-order valence-corrected chi connectivity index (χ0v) is 13.3. The smallest absolute Gasteiger partial charge is 0.300 e. The van der Waals surface area contributed by atoms with Crippen LogP contribution in [0.1, 0.15) is 23.1 Å². The molecule has 0 aliphatic rings. The molecule has 114 valence electrons. The Morgan fingerprint density at radius 1 is 1.41 bits per heavy atom. The Balaban J connectivity index is 2.07. The molecule has 2 heterocycles. The Hall–Kier alpha value is -2.28. The van der Waals surface area contributed by atoms with E-state index in [2.05, 4.69) is 10.1 Å². The summed E-state index contributed by atoms with van der Waals surface area (Å²) in [7, 11) is 1.80. The zero-order chi connectivity index (χ0) is 15.9. The molecule has 0 saturated heterocycles. The van der Waals surface area contributed by atoms with Crippen LogP contribution in [0.2, 0.25) is 0 Å². The molecule has 5 nitrogen and oxygen atoms in total. The lowest BCUT2D eigenvalue weighted by atomic mass is 10.3. The average Bonchev–Trinajstić information content (AvgIpc) is 3.00. The molecule has 7 heteroatoms. The third kappa shape index (κ3) is 2.48. The number of nitrogens with zero attached hydrogens (tertiary/aromatic N) is 4. The summed E-state index contributed by atoms with van der Waals surface area (Å²) in [6.07, 6.45) is 0. The zero-order valence-electron chi connectivity index (χ0n) is 12.5. The number of halogens is 1. The molecule has 1 aromatic carbocycles. The van der Waals surface area contributed by atoms with Crippen molar-refractivity contribution in [2.24, 2.45) is 12.0 Å². The first-order valence-corrected chi connectivity index (χ1v) is 7.70. The highest BCUT2D eigenvalue weighted by molar-refractivity contribution is 7.16. The maximum atomic E-state index is 13.3. The van der Waals surface area contributed by atoms with Crippen LogP contribution in [0.5, 0.6) is 0 Å². The predicted molar refractivity (Wildman–Crippen MR) is 83.3 cm³/mol. The number of rotatable bonds is 2. The van der Waals surface area contributed by atoms with Crippen molar-refractivity contribution < 1.29 is 9.18 Å². The minimum atomic E-state index is -0.391. The molecule has 0 aliphatic carbocycles. The van der Waals surface area contributed by atoms with Gasteiger partial charge in [-0.05, 0) is 38.1 Å². The van der Waals surface area contributed by atoms with Gasteiger partial charge in [0.05, 0.1) is 10.2 Å². The van der Waals surface area contributed by atoms with Crippen LogP contribution >= 0.6 is 11.3 Å². The number of hydrogen-bond acceptors (Lipinski definition) is 3. The molecule has 0 bridgehead atoms. The standard InChI is InChI=1S/C15H15FN4OS/c1-4-20-9(2)7-11(18-20)14(21)17-15-19(3)12-6-5-10(16)8-13(12)22-15/h5-8H,4H2,1-3H3. The van der Waals surface area contributed by atoms with E-state index in [-0.39, 0.29) is 5.82 Å². The molecule has 0 radical (unpaired) electrons. The Morgan fingerprint density at radius 2 is 2.18 bits per heavy atom. The van der Waals surface area contributed by atoms with Gasteiger partial charge in [-0.3, -0.25) is 9.48 Å². The molecule has 2 aromatic heterocycles.